The molecule has 1 atom stereocenters. The van der Waals surface area contributed by atoms with Crippen LogP contribution in [-0.4, -0.2) is 39.3 Å². The molecule has 0 aromatic carbocycles. The van der Waals surface area contributed by atoms with Crippen molar-refractivity contribution >= 4 is 0 Å². The number of hydrogen-bond acceptors (Lipinski definition) is 4. The van der Waals surface area contributed by atoms with E-state index in [-0.39, 0.29) is 0 Å². The minimum atomic E-state index is 0.671. The molecule has 2 heterocycles. The molecule has 1 aliphatic heterocycles. The van der Waals surface area contributed by atoms with Crippen molar-refractivity contribution in [3.05, 3.63) is 12.2 Å². The van der Waals surface area contributed by atoms with Crippen LogP contribution < -0.4 is 5.73 Å². The first-order valence-electron chi connectivity index (χ1n) is 5.58. The van der Waals surface area contributed by atoms with E-state index in [2.05, 4.69) is 26.6 Å². The SMILES string of the molecule is CC(CCN)CN1CCn2cnnc2C1. The van der Waals surface area contributed by atoms with Gasteiger partial charge in [-0.05, 0) is 18.9 Å². The van der Waals surface area contributed by atoms with Gasteiger partial charge < -0.3 is 10.3 Å². The second-order valence-corrected chi connectivity index (χ2v) is 4.36. The molecule has 5 nitrogen and oxygen atoms in total. The summed E-state index contributed by atoms with van der Waals surface area (Å²) in [4.78, 5) is 2.43. The quantitative estimate of drug-likeness (QED) is 0.763. The molecule has 0 spiro atoms. The summed E-state index contributed by atoms with van der Waals surface area (Å²) in [6.07, 6.45) is 2.92. The van der Waals surface area contributed by atoms with Gasteiger partial charge >= 0.3 is 0 Å². The van der Waals surface area contributed by atoms with E-state index in [0.29, 0.717) is 5.92 Å². The predicted molar refractivity (Wildman–Crippen MR) is 58.1 cm³/mol. The monoisotopic (exact) mass is 209 g/mol. The van der Waals surface area contributed by atoms with Crippen LogP contribution in [0.2, 0.25) is 0 Å². The summed E-state index contributed by atoms with van der Waals surface area (Å²) in [5.41, 5.74) is 5.55. The van der Waals surface area contributed by atoms with Gasteiger partial charge in [-0.1, -0.05) is 6.92 Å². The highest BCUT2D eigenvalue weighted by molar-refractivity contribution is 4.90. The summed E-state index contributed by atoms with van der Waals surface area (Å²) in [5, 5.41) is 8.03. The van der Waals surface area contributed by atoms with Crippen molar-refractivity contribution in [3.63, 3.8) is 0 Å². The molecule has 2 N–H and O–H groups in total. The van der Waals surface area contributed by atoms with Crippen molar-refractivity contribution in [2.45, 2.75) is 26.4 Å². The van der Waals surface area contributed by atoms with E-state index in [9.17, 15) is 0 Å². The number of nitrogens with zero attached hydrogens (tertiary/aromatic N) is 4. The molecule has 0 saturated carbocycles. The average molecular weight is 209 g/mol. The second-order valence-electron chi connectivity index (χ2n) is 4.36. The molecular formula is C10H19N5. The van der Waals surface area contributed by atoms with Crippen LogP contribution in [0.4, 0.5) is 0 Å². The lowest BCUT2D eigenvalue weighted by atomic mass is 10.1. The normalized spacial score (nSPS) is 18.8. The average Bonchev–Trinajstić information content (AvgIpc) is 2.65. The van der Waals surface area contributed by atoms with Gasteiger partial charge in [0.05, 0.1) is 6.54 Å². The van der Waals surface area contributed by atoms with Crippen LogP contribution in [0.25, 0.3) is 0 Å². The molecule has 5 heteroatoms. The lowest BCUT2D eigenvalue weighted by molar-refractivity contribution is 0.187. The van der Waals surface area contributed by atoms with E-state index in [1.807, 2.05) is 6.33 Å². The highest BCUT2D eigenvalue weighted by Crippen LogP contribution is 2.12. The number of nitrogens with two attached hydrogens (primary N) is 1. The Labute approximate surface area is 90.3 Å². The third-order valence-electron chi connectivity index (χ3n) is 2.95. The van der Waals surface area contributed by atoms with Crippen LogP contribution in [0.15, 0.2) is 6.33 Å². The van der Waals surface area contributed by atoms with Crippen molar-refractivity contribution in [2.75, 3.05) is 19.6 Å². The third-order valence-corrected chi connectivity index (χ3v) is 2.95. The molecule has 0 aliphatic carbocycles. The molecule has 2 rings (SSSR count). The lowest BCUT2D eigenvalue weighted by Crippen LogP contribution is -2.36. The van der Waals surface area contributed by atoms with Gasteiger partial charge in [0, 0.05) is 19.6 Å². The van der Waals surface area contributed by atoms with Gasteiger partial charge in [-0.2, -0.15) is 0 Å². The Morgan fingerprint density at radius 2 is 2.40 bits per heavy atom. The summed E-state index contributed by atoms with van der Waals surface area (Å²) in [5.74, 6) is 1.76. The number of fused-ring (bicyclic) bond motifs is 1. The first kappa shape index (κ1) is 10.6. The molecule has 0 saturated heterocycles. The van der Waals surface area contributed by atoms with Crippen LogP contribution in [0.3, 0.4) is 0 Å². The lowest BCUT2D eigenvalue weighted by Gasteiger charge is -2.29. The van der Waals surface area contributed by atoms with Crippen LogP contribution in [0.5, 0.6) is 0 Å². The first-order valence-corrected chi connectivity index (χ1v) is 5.58. The fourth-order valence-electron chi connectivity index (χ4n) is 2.09. The van der Waals surface area contributed by atoms with Gasteiger partial charge in [0.1, 0.15) is 12.2 Å². The van der Waals surface area contributed by atoms with Gasteiger partial charge in [0.15, 0.2) is 0 Å². The first-order chi connectivity index (χ1) is 7.29. The number of hydrogen-bond donors (Lipinski definition) is 1. The van der Waals surface area contributed by atoms with Crippen molar-refractivity contribution in [2.24, 2.45) is 11.7 Å². The minimum Gasteiger partial charge on any atom is -0.330 e. The van der Waals surface area contributed by atoms with Crippen LogP contribution in [-0.2, 0) is 13.1 Å². The molecule has 15 heavy (non-hydrogen) atoms. The van der Waals surface area contributed by atoms with E-state index in [4.69, 9.17) is 5.73 Å². The maximum absolute atomic E-state index is 5.55. The van der Waals surface area contributed by atoms with Crippen LogP contribution in [0, 0.1) is 5.92 Å². The fraction of sp³-hybridized carbons (Fsp3) is 0.800. The second kappa shape index (κ2) is 4.72. The van der Waals surface area contributed by atoms with Crippen molar-refractivity contribution in [1.29, 1.82) is 0 Å². The molecule has 84 valence electrons. The zero-order valence-electron chi connectivity index (χ0n) is 9.26. The van der Waals surface area contributed by atoms with Crippen molar-refractivity contribution in [1.82, 2.24) is 19.7 Å². The van der Waals surface area contributed by atoms with Gasteiger partial charge in [-0.3, -0.25) is 4.90 Å². The zero-order valence-corrected chi connectivity index (χ0v) is 9.26. The largest absolute Gasteiger partial charge is 0.330 e. The van der Waals surface area contributed by atoms with E-state index < -0.39 is 0 Å². The van der Waals surface area contributed by atoms with Gasteiger partial charge in [-0.15, -0.1) is 10.2 Å². The number of aromatic nitrogens is 3. The maximum atomic E-state index is 5.55. The van der Waals surface area contributed by atoms with Gasteiger partial charge in [0.2, 0.25) is 0 Å². The summed E-state index contributed by atoms with van der Waals surface area (Å²) < 4.78 is 2.13. The summed E-state index contributed by atoms with van der Waals surface area (Å²) in [6.45, 7) is 7.19. The van der Waals surface area contributed by atoms with Crippen LogP contribution in [0.1, 0.15) is 19.2 Å². The molecule has 1 unspecified atom stereocenters. The third kappa shape index (κ3) is 2.54. The highest BCUT2D eigenvalue weighted by Gasteiger charge is 2.18. The Morgan fingerprint density at radius 1 is 1.53 bits per heavy atom. The van der Waals surface area contributed by atoms with Gasteiger partial charge in [0.25, 0.3) is 0 Å². The fourth-order valence-corrected chi connectivity index (χ4v) is 2.09. The van der Waals surface area contributed by atoms with E-state index in [0.717, 1.165) is 45.0 Å². The molecule has 0 fully saturated rings. The molecule has 0 radical (unpaired) electrons. The predicted octanol–water partition coefficient (Wildman–Crippen LogP) is 0.0786. The Morgan fingerprint density at radius 3 is 3.20 bits per heavy atom. The Balaban J connectivity index is 1.87. The minimum absolute atomic E-state index is 0.671. The zero-order chi connectivity index (χ0) is 10.7. The van der Waals surface area contributed by atoms with Crippen LogP contribution >= 0.6 is 0 Å². The Kier molecular flexibility index (Phi) is 3.33. The molecule has 1 aromatic rings. The van der Waals surface area contributed by atoms with Gasteiger partial charge in [-0.25, -0.2) is 0 Å². The van der Waals surface area contributed by atoms with E-state index in [1.165, 1.54) is 0 Å². The van der Waals surface area contributed by atoms with Crippen molar-refractivity contribution in [3.8, 4) is 0 Å². The smallest absolute Gasteiger partial charge is 0.147 e. The highest BCUT2D eigenvalue weighted by atomic mass is 15.3. The Bertz CT molecular complexity index is 309. The molecular weight excluding hydrogens is 190 g/mol. The van der Waals surface area contributed by atoms with Crippen molar-refractivity contribution < 1.29 is 0 Å². The van der Waals surface area contributed by atoms with E-state index >= 15 is 0 Å². The molecule has 1 aliphatic rings. The van der Waals surface area contributed by atoms with E-state index in [1.54, 1.807) is 0 Å². The molecule has 1 aromatic heterocycles. The maximum Gasteiger partial charge on any atom is 0.147 e. The number of rotatable bonds is 4. The molecule has 0 amide bonds. The summed E-state index contributed by atoms with van der Waals surface area (Å²) in [7, 11) is 0. The molecule has 0 bridgehead atoms. The topological polar surface area (TPSA) is 60.0 Å². The summed E-state index contributed by atoms with van der Waals surface area (Å²) in [6, 6.07) is 0. The summed E-state index contributed by atoms with van der Waals surface area (Å²) >= 11 is 0. The standard InChI is InChI=1S/C10H19N5/c1-9(2-3-11)6-14-4-5-15-8-12-13-10(15)7-14/h8-9H,2-7,11H2,1H3. The Hall–Kier alpha value is -0.940.